The average Bonchev–Trinajstić information content (AvgIpc) is 3.58. The van der Waals surface area contributed by atoms with Gasteiger partial charge in [0.25, 0.3) is 0 Å². The second kappa shape index (κ2) is 8.79. The lowest BCUT2D eigenvalue weighted by molar-refractivity contribution is -0.137. The van der Waals surface area contributed by atoms with E-state index in [2.05, 4.69) is 17.4 Å². The van der Waals surface area contributed by atoms with Crippen molar-refractivity contribution in [3.05, 3.63) is 64.7 Å². The predicted octanol–water partition coefficient (Wildman–Crippen LogP) is 3.19. The Bertz CT molecular complexity index is 967. The zero-order valence-electron chi connectivity index (χ0n) is 17.1. The molecule has 1 N–H and O–H groups in total. The molecule has 4 rings (SSSR count). The quantitative estimate of drug-likeness (QED) is 0.538. The van der Waals surface area contributed by atoms with E-state index in [-0.39, 0.29) is 17.9 Å². The molecular formula is C24H26N2O4. The molecule has 156 valence electrons. The second-order valence-electron chi connectivity index (χ2n) is 8.17. The number of nitrogens with one attached hydrogen (secondary N) is 1. The van der Waals surface area contributed by atoms with Crippen molar-refractivity contribution in [1.82, 2.24) is 10.2 Å². The predicted molar refractivity (Wildman–Crippen MR) is 112 cm³/mol. The first kappa shape index (κ1) is 20.3. The normalized spacial score (nSPS) is 18.9. The number of nitrogens with zero attached hydrogens (tertiary/aromatic N) is 1. The van der Waals surface area contributed by atoms with E-state index >= 15 is 0 Å². The number of hydrogen-bond acceptors (Lipinski definition) is 5. The van der Waals surface area contributed by atoms with E-state index in [4.69, 9.17) is 4.74 Å². The minimum atomic E-state index is -0.371. The van der Waals surface area contributed by atoms with Crippen molar-refractivity contribution >= 4 is 18.1 Å². The molecule has 1 saturated carbocycles. The Balaban J connectivity index is 1.40. The van der Waals surface area contributed by atoms with Crippen LogP contribution in [0.4, 0.5) is 0 Å². The van der Waals surface area contributed by atoms with E-state index in [0.29, 0.717) is 37.5 Å². The lowest BCUT2D eigenvalue weighted by atomic mass is 10.0. The van der Waals surface area contributed by atoms with E-state index in [1.165, 1.54) is 18.4 Å². The molecule has 1 saturated heterocycles. The summed E-state index contributed by atoms with van der Waals surface area (Å²) in [5.74, 6) is 1.01. The first-order chi connectivity index (χ1) is 14.5. The molecule has 2 fully saturated rings. The summed E-state index contributed by atoms with van der Waals surface area (Å²) in [5, 5.41) is 2.38. The molecule has 1 aliphatic heterocycles. The maximum Gasteiger partial charge on any atom is 0.243 e. The van der Waals surface area contributed by atoms with Crippen molar-refractivity contribution in [3.63, 3.8) is 0 Å². The SMILES string of the molecule is CN(Cc1ccc(COc2cccc(C3CC3)c2)cc1C=O)C1CCC(=O)NC1=O. The first-order valence-electron chi connectivity index (χ1n) is 10.4. The summed E-state index contributed by atoms with van der Waals surface area (Å²) in [5.41, 5.74) is 3.67. The van der Waals surface area contributed by atoms with Crippen molar-refractivity contribution in [1.29, 1.82) is 0 Å². The molecule has 0 aromatic heterocycles. The minimum absolute atomic E-state index is 0.231. The standard InChI is InChI=1S/C24H26N2O4/c1-26(22-9-10-23(28)25-24(22)29)13-19-6-5-16(11-20(19)14-27)15-30-21-4-2-3-18(12-21)17-7-8-17/h2-6,11-12,14,17,22H,7-10,13,15H2,1H3,(H,25,28,29). The van der Waals surface area contributed by atoms with Gasteiger partial charge in [0, 0.05) is 18.5 Å². The van der Waals surface area contributed by atoms with Crippen LogP contribution in [0.5, 0.6) is 5.75 Å². The van der Waals surface area contributed by atoms with Gasteiger partial charge in [-0.15, -0.1) is 0 Å². The third-order valence-electron chi connectivity index (χ3n) is 5.81. The number of rotatable bonds is 8. The molecule has 2 aromatic rings. The van der Waals surface area contributed by atoms with Crippen molar-refractivity contribution in [3.8, 4) is 5.75 Å². The Morgan fingerprint density at radius 2 is 1.97 bits per heavy atom. The molecule has 2 aromatic carbocycles. The highest BCUT2D eigenvalue weighted by molar-refractivity contribution is 6.00. The smallest absolute Gasteiger partial charge is 0.243 e. The Kier molecular flexibility index (Phi) is 5.95. The fourth-order valence-corrected chi connectivity index (χ4v) is 3.91. The highest BCUT2D eigenvalue weighted by Gasteiger charge is 2.30. The van der Waals surface area contributed by atoms with Crippen molar-refractivity contribution in [2.45, 2.75) is 50.8 Å². The molecule has 1 unspecified atom stereocenters. The maximum absolute atomic E-state index is 12.1. The van der Waals surface area contributed by atoms with Gasteiger partial charge in [-0.3, -0.25) is 24.6 Å². The number of likely N-dealkylation sites (N-methyl/N-ethyl adjacent to an activating group) is 1. The number of imide groups is 1. The Hall–Kier alpha value is -2.99. The van der Waals surface area contributed by atoms with Gasteiger partial charge in [-0.1, -0.05) is 24.3 Å². The molecule has 0 bridgehead atoms. The molecule has 2 aliphatic rings. The molecule has 1 atom stereocenters. The summed E-state index contributed by atoms with van der Waals surface area (Å²) in [4.78, 5) is 37.0. The number of hydrogen-bond donors (Lipinski definition) is 1. The van der Waals surface area contributed by atoms with Crippen LogP contribution in [0.2, 0.25) is 0 Å². The molecule has 0 spiro atoms. The summed E-state index contributed by atoms with van der Waals surface area (Å²) in [6, 6.07) is 13.5. The highest BCUT2D eigenvalue weighted by Crippen LogP contribution is 2.41. The third-order valence-corrected chi connectivity index (χ3v) is 5.81. The van der Waals surface area contributed by atoms with Crippen LogP contribution in [0.3, 0.4) is 0 Å². The van der Waals surface area contributed by atoms with Crippen molar-refractivity contribution < 1.29 is 19.1 Å². The van der Waals surface area contributed by atoms with Crippen molar-refractivity contribution in [2.24, 2.45) is 0 Å². The van der Waals surface area contributed by atoms with Crippen LogP contribution in [-0.4, -0.2) is 36.1 Å². The van der Waals surface area contributed by atoms with Crippen LogP contribution < -0.4 is 10.1 Å². The number of benzene rings is 2. The summed E-state index contributed by atoms with van der Waals surface area (Å²) in [6.45, 7) is 0.836. The van der Waals surface area contributed by atoms with Gasteiger partial charge < -0.3 is 4.74 Å². The average molecular weight is 406 g/mol. The van der Waals surface area contributed by atoms with Crippen LogP contribution in [0.15, 0.2) is 42.5 Å². The van der Waals surface area contributed by atoms with Gasteiger partial charge in [-0.05, 0) is 67.1 Å². The lowest BCUT2D eigenvalue weighted by Gasteiger charge is -2.30. The van der Waals surface area contributed by atoms with E-state index in [1.807, 2.05) is 42.3 Å². The van der Waals surface area contributed by atoms with Gasteiger partial charge in [0.05, 0.1) is 6.04 Å². The summed E-state index contributed by atoms with van der Waals surface area (Å²) >= 11 is 0. The molecule has 6 heteroatoms. The fourth-order valence-electron chi connectivity index (χ4n) is 3.91. The number of carbonyl (C=O) groups is 3. The minimum Gasteiger partial charge on any atom is -0.489 e. The lowest BCUT2D eigenvalue weighted by Crippen LogP contribution is -2.51. The number of piperidine rings is 1. The number of aldehydes is 1. The van der Waals surface area contributed by atoms with E-state index < -0.39 is 0 Å². The van der Waals surface area contributed by atoms with E-state index in [9.17, 15) is 14.4 Å². The van der Waals surface area contributed by atoms with E-state index in [1.54, 1.807) is 0 Å². The Morgan fingerprint density at radius 1 is 1.13 bits per heavy atom. The van der Waals surface area contributed by atoms with Crippen LogP contribution in [-0.2, 0) is 22.7 Å². The third kappa shape index (κ3) is 4.76. The second-order valence-corrected chi connectivity index (χ2v) is 8.17. The van der Waals surface area contributed by atoms with Crippen LogP contribution in [0, 0.1) is 0 Å². The van der Waals surface area contributed by atoms with Crippen molar-refractivity contribution in [2.75, 3.05) is 7.05 Å². The number of ether oxygens (including phenoxy) is 1. The van der Waals surface area contributed by atoms with Crippen LogP contribution >= 0.6 is 0 Å². The van der Waals surface area contributed by atoms with Gasteiger partial charge in [0.1, 0.15) is 18.6 Å². The zero-order valence-corrected chi connectivity index (χ0v) is 17.1. The van der Waals surface area contributed by atoms with E-state index in [0.717, 1.165) is 23.2 Å². The maximum atomic E-state index is 12.1. The molecule has 2 amide bonds. The monoisotopic (exact) mass is 406 g/mol. The first-order valence-corrected chi connectivity index (χ1v) is 10.4. The summed E-state index contributed by atoms with van der Waals surface area (Å²) in [6.07, 6.45) is 4.16. The molecule has 1 heterocycles. The largest absolute Gasteiger partial charge is 0.489 e. The van der Waals surface area contributed by atoms with Gasteiger partial charge in [0.15, 0.2) is 0 Å². The zero-order chi connectivity index (χ0) is 21.1. The molecular weight excluding hydrogens is 380 g/mol. The Labute approximate surface area is 176 Å². The van der Waals surface area contributed by atoms with Crippen LogP contribution in [0.1, 0.15) is 58.6 Å². The highest BCUT2D eigenvalue weighted by atomic mass is 16.5. The van der Waals surface area contributed by atoms with Gasteiger partial charge in [0.2, 0.25) is 11.8 Å². The number of carbonyl (C=O) groups excluding carboxylic acids is 3. The summed E-state index contributed by atoms with van der Waals surface area (Å²) < 4.78 is 5.94. The molecule has 0 radical (unpaired) electrons. The van der Waals surface area contributed by atoms with Gasteiger partial charge in [-0.2, -0.15) is 0 Å². The Morgan fingerprint density at radius 3 is 2.70 bits per heavy atom. The fraction of sp³-hybridized carbons (Fsp3) is 0.375. The molecule has 30 heavy (non-hydrogen) atoms. The number of amides is 2. The van der Waals surface area contributed by atoms with Gasteiger partial charge >= 0.3 is 0 Å². The van der Waals surface area contributed by atoms with Crippen LogP contribution in [0.25, 0.3) is 0 Å². The summed E-state index contributed by atoms with van der Waals surface area (Å²) in [7, 11) is 1.83. The van der Waals surface area contributed by atoms with Gasteiger partial charge in [-0.25, -0.2) is 0 Å². The topological polar surface area (TPSA) is 75.7 Å². The molecule has 6 nitrogen and oxygen atoms in total. The molecule has 1 aliphatic carbocycles.